The van der Waals surface area contributed by atoms with Gasteiger partial charge < -0.3 is 65.7 Å². The molecule has 0 bridgehead atoms. The summed E-state index contributed by atoms with van der Waals surface area (Å²) in [7, 11) is 1.75. The number of benzene rings is 6. The van der Waals surface area contributed by atoms with Gasteiger partial charge in [-0.2, -0.15) is 0 Å². The summed E-state index contributed by atoms with van der Waals surface area (Å²) in [5, 5.41) is 71.2. The van der Waals surface area contributed by atoms with Crippen molar-refractivity contribution < 1.29 is 64.3 Å². The van der Waals surface area contributed by atoms with Gasteiger partial charge >= 0.3 is 37.7 Å². The zero-order chi connectivity index (χ0) is 61.0. The van der Waals surface area contributed by atoms with E-state index in [1.165, 1.54) is 24.3 Å². The number of carboxylic acids is 2. The summed E-state index contributed by atoms with van der Waals surface area (Å²) < 4.78 is 31.9. The van der Waals surface area contributed by atoms with Gasteiger partial charge in [0.05, 0.1) is 47.9 Å². The Kier molecular flexibility index (Phi) is 26.9. The summed E-state index contributed by atoms with van der Waals surface area (Å²) in [4.78, 5) is 49.8. The number of carboxylic acid groups (broad SMARTS) is 2. The fourth-order valence-corrected chi connectivity index (χ4v) is 10.4. The number of hydrogen-bond donors (Lipinski definition) is 6. The summed E-state index contributed by atoms with van der Waals surface area (Å²) in [5.74, 6) is -4.50. The zero-order valence-corrected chi connectivity index (χ0v) is 50.8. The van der Waals surface area contributed by atoms with Crippen molar-refractivity contribution in [1.29, 1.82) is 0 Å². The quantitative estimate of drug-likeness (QED) is 0.0320. The van der Waals surface area contributed by atoms with Gasteiger partial charge in [-0.15, -0.1) is 6.10 Å². The minimum atomic E-state index is -1.49. The van der Waals surface area contributed by atoms with Gasteiger partial charge in [0, 0.05) is 65.3 Å². The number of aliphatic hydroxyl groups is 3. The molecule has 85 heavy (non-hydrogen) atoms. The first-order valence-electron chi connectivity index (χ1n) is 28.0. The molecule has 0 aliphatic carbocycles. The molecule has 6 aromatic carbocycles. The number of halogens is 2. The van der Waals surface area contributed by atoms with Crippen LogP contribution in [-0.4, -0.2) is 117 Å². The molecule has 0 aliphatic heterocycles. The largest absolute Gasteiger partial charge is 2.00 e. The van der Waals surface area contributed by atoms with Crippen LogP contribution >= 0.6 is 0 Å². The molecule has 0 saturated heterocycles. The molecule has 442 valence electrons. The predicted octanol–water partition coefficient (Wildman–Crippen LogP) is 7.80. The van der Waals surface area contributed by atoms with Crippen LogP contribution in [0.4, 0.5) is 20.2 Å². The van der Waals surface area contributed by atoms with E-state index in [-0.39, 0.29) is 100 Å². The Balaban J connectivity index is 0.000000298. The number of carbonyl (C=O) groups is 4. The number of aliphatic hydroxyl groups excluding tert-OH is 3. The molecule has 2 heterocycles. The van der Waals surface area contributed by atoms with Gasteiger partial charge in [0.1, 0.15) is 11.6 Å². The van der Waals surface area contributed by atoms with Gasteiger partial charge in [0.25, 0.3) is 11.8 Å². The molecule has 15 nitrogen and oxygen atoms in total. The van der Waals surface area contributed by atoms with E-state index in [0.717, 1.165) is 22.5 Å². The van der Waals surface area contributed by atoms with Crippen molar-refractivity contribution in [3.8, 4) is 44.8 Å². The molecule has 2 amide bonds. The second-order valence-corrected chi connectivity index (χ2v) is 20.8. The smallest absolute Gasteiger partial charge is 0.852 e. The fraction of sp³-hybridized carbons (Fsp3) is 0.284. The average Bonchev–Trinajstić information content (AvgIpc) is 1.79. The molecule has 2 aromatic heterocycles. The number of aliphatic carboxylic acids is 2. The first kappa shape index (κ1) is 68.5. The number of amides is 2. The molecule has 8 aromatic rings. The molecule has 0 saturated carbocycles. The number of anilines is 2. The van der Waals surface area contributed by atoms with E-state index in [1.54, 1.807) is 55.6 Å². The second kappa shape index (κ2) is 33.4. The van der Waals surface area contributed by atoms with E-state index in [9.17, 15) is 58.6 Å². The molecule has 0 unspecified atom stereocenters. The van der Waals surface area contributed by atoms with E-state index >= 15 is 0 Å². The Morgan fingerprint density at radius 2 is 0.812 bits per heavy atom. The van der Waals surface area contributed by atoms with Gasteiger partial charge in [-0.25, -0.2) is 8.78 Å². The molecule has 18 heteroatoms. The molecular weight excluding hydrogens is 1110 g/mol. The van der Waals surface area contributed by atoms with Crippen LogP contribution in [0.2, 0.25) is 0 Å². The van der Waals surface area contributed by atoms with Crippen molar-refractivity contribution in [2.75, 3.05) is 17.7 Å². The average molecular weight is 1190 g/mol. The van der Waals surface area contributed by atoms with Crippen LogP contribution in [0, 0.1) is 11.6 Å². The number of para-hydroxylation sites is 2. The molecule has 0 aliphatic rings. The number of quaternary nitrogens is 1. The van der Waals surface area contributed by atoms with Crippen LogP contribution in [0.15, 0.2) is 170 Å². The minimum absolute atomic E-state index is 0. The van der Waals surface area contributed by atoms with E-state index < -0.39 is 60.8 Å². The summed E-state index contributed by atoms with van der Waals surface area (Å²) in [5.41, 5.74) is 12.6. The fourth-order valence-electron chi connectivity index (χ4n) is 10.4. The third-order valence-corrected chi connectivity index (χ3v) is 13.8. The van der Waals surface area contributed by atoms with Gasteiger partial charge in [0.2, 0.25) is 0 Å². The number of carbonyl (C=O) groups excluding carboxylic acids is 4. The van der Waals surface area contributed by atoms with Crippen LogP contribution < -0.4 is 31.7 Å². The standard InChI is InChI=1S/C33H35FN2O5.C33H34FN2O5.CH5N.Ca/c2*1-21(2)31-30(33(41)35-25-11-7-4-8-12-25)29(22-9-5-3-6-10-22)32(23-13-15-24(34)16-14-23)36(31)18-17-26(37)19-27(38)20-28(39)40;1-2;/h3-16,21,26-27,37-38H,17-20H2,1-2H3,(H,35,41)(H,39,40);3-16,21,26-27,37H,17-20H2,1-2H3,(H,35,41)(H,39,40);2H2,1H3;/q;-1;;+2/p-1/t2*26-,27-;;/m11../s1. The topological polar surface area (TPSA) is 260 Å². The minimum Gasteiger partial charge on any atom is -0.852 e. The Morgan fingerprint density at radius 3 is 1.14 bits per heavy atom. The number of rotatable bonds is 24. The summed E-state index contributed by atoms with van der Waals surface area (Å²) in [6.07, 6.45) is -6.11. The Hall–Kier alpha value is -7.32. The SMILES string of the molecule is CC(C)c1c(C(=O)Nc2ccccc2)c(-c2ccccc2)c(-c2ccc(F)cc2)n1CC[C@@H](O)C[C@@H](O)CC(=O)[O-].CC(C)c1c(C(=O)Nc2ccccc2)c(-c2ccccc2)c(-c2ccc(F)cc2)n1CC[C@@H](O)C[C@@H]([O-])CC(=O)[O-].C[NH3+].[Ca+2]. The Bertz CT molecular complexity index is 3170. The van der Waals surface area contributed by atoms with Crippen LogP contribution in [0.25, 0.3) is 44.8 Å². The first-order valence-corrected chi connectivity index (χ1v) is 28.0. The van der Waals surface area contributed by atoms with Crippen LogP contribution in [0.3, 0.4) is 0 Å². The molecule has 8 rings (SSSR count). The van der Waals surface area contributed by atoms with Crippen molar-refractivity contribution in [2.45, 2.75) is 116 Å². The van der Waals surface area contributed by atoms with Crippen LogP contribution in [0.5, 0.6) is 0 Å². The van der Waals surface area contributed by atoms with Crippen molar-refractivity contribution in [3.05, 3.63) is 204 Å². The van der Waals surface area contributed by atoms with Crippen molar-refractivity contribution in [3.63, 3.8) is 0 Å². The van der Waals surface area contributed by atoms with Gasteiger partial charge in [-0.05, 0) is 139 Å². The van der Waals surface area contributed by atoms with Crippen molar-refractivity contribution in [1.82, 2.24) is 9.13 Å². The number of nitrogens with one attached hydrogen (secondary N) is 2. The molecule has 4 atom stereocenters. The number of aromatic nitrogens is 2. The maximum absolute atomic E-state index is 14.0. The Labute approximate surface area is 524 Å². The van der Waals surface area contributed by atoms with E-state index in [1.807, 2.05) is 134 Å². The predicted molar refractivity (Wildman–Crippen MR) is 322 cm³/mol. The van der Waals surface area contributed by atoms with Crippen molar-refractivity contribution in [2.24, 2.45) is 0 Å². The molecule has 0 fully saturated rings. The Morgan fingerprint density at radius 1 is 0.482 bits per heavy atom. The van der Waals surface area contributed by atoms with Crippen LogP contribution in [-0.2, 0) is 22.7 Å². The third-order valence-electron chi connectivity index (χ3n) is 13.8. The van der Waals surface area contributed by atoms with E-state index in [4.69, 9.17) is 0 Å². The third kappa shape index (κ3) is 18.8. The second-order valence-electron chi connectivity index (χ2n) is 20.8. The maximum Gasteiger partial charge on any atom is 2.00 e. The number of nitrogens with zero attached hydrogens (tertiary/aromatic N) is 2. The zero-order valence-electron chi connectivity index (χ0n) is 48.6. The summed E-state index contributed by atoms with van der Waals surface area (Å²) in [6.45, 7) is 8.40. The van der Waals surface area contributed by atoms with Crippen LogP contribution in [0.1, 0.15) is 110 Å². The monoisotopic (exact) mass is 1190 g/mol. The molecule has 8 N–H and O–H groups in total. The molecular formula is C67H73CaF2N5O10. The summed E-state index contributed by atoms with van der Waals surface area (Å²) >= 11 is 0. The van der Waals surface area contributed by atoms with Gasteiger partial charge in [0.15, 0.2) is 0 Å². The van der Waals surface area contributed by atoms with E-state index in [2.05, 4.69) is 16.4 Å². The molecule has 0 radical (unpaired) electrons. The van der Waals surface area contributed by atoms with Gasteiger partial charge in [-0.1, -0.05) is 125 Å². The maximum atomic E-state index is 14.0. The normalized spacial score (nSPS) is 12.4. The van der Waals surface area contributed by atoms with Crippen molar-refractivity contribution >= 4 is 72.9 Å². The first-order chi connectivity index (χ1) is 40.3. The molecule has 0 spiro atoms. The number of hydrogen-bond acceptors (Lipinski definition) is 10. The van der Waals surface area contributed by atoms with E-state index in [0.29, 0.717) is 56.1 Å². The van der Waals surface area contributed by atoms with Gasteiger partial charge in [-0.3, -0.25) is 9.59 Å². The summed E-state index contributed by atoms with van der Waals surface area (Å²) in [6, 6.07) is 49.3.